The molecule has 0 bridgehead atoms. The molecule has 1 saturated heterocycles. The van der Waals surface area contributed by atoms with Crippen molar-refractivity contribution in [3.63, 3.8) is 0 Å². The van der Waals surface area contributed by atoms with Crippen molar-refractivity contribution in [2.75, 3.05) is 19.6 Å². The van der Waals surface area contributed by atoms with E-state index in [0.717, 1.165) is 12.6 Å². The zero-order valence-electron chi connectivity index (χ0n) is 11.4. The third kappa shape index (κ3) is 3.60. The first-order valence-electron chi connectivity index (χ1n) is 6.75. The second-order valence-corrected chi connectivity index (χ2v) is 5.19. The maximum atomic E-state index is 3.71. The van der Waals surface area contributed by atoms with Gasteiger partial charge >= 0.3 is 0 Å². The molecule has 1 rings (SSSR count). The number of nitrogens with one attached hydrogen (secondary N) is 1. The molecule has 0 spiro atoms. The number of rotatable bonds is 5. The lowest BCUT2D eigenvalue weighted by Gasteiger charge is -2.46. The normalized spacial score (nSPS) is 32.4. The molecular weight excluding hydrogens is 196 g/mol. The summed E-state index contributed by atoms with van der Waals surface area (Å²) in [7, 11) is 0. The Bertz CT molecular complexity index is 225. The Hall–Kier alpha value is -0.340. The fraction of sp³-hybridized carbons (Fsp3) is 0.857. The van der Waals surface area contributed by atoms with Crippen LogP contribution in [0.4, 0.5) is 0 Å². The van der Waals surface area contributed by atoms with E-state index in [0.29, 0.717) is 5.54 Å². The average Bonchev–Trinajstić information content (AvgIpc) is 2.30. The molecule has 16 heavy (non-hydrogen) atoms. The van der Waals surface area contributed by atoms with Gasteiger partial charge in [-0.3, -0.25) is 4.90 Å². The van der Waals surface area contributed by atoms with Gasteiger partial charge in [-0.1, -0.05) is 26.0 Å². The molecule has 0 aliphatic carbocycles. The van der Waals surface area contributed by atoms with Gasteiger partial charge in [0.05, 0.1) is 0 Å². The lowest BCUT2D eigenvalue weighted by atomic mass is 9.92. The molecule has 1 N–H and O–H groups in total. The molecule has 1 aliphatic rings. The Labute approximate surface area is 101 Å². The van der Waals surface area contributed by atoms with Crippen LogP contribution in [0, 0.1) is 0 Å². The van der Waals surface area contributed by atoms with E-state index in [2.05, 4.69) is 50.1 Å². The topological polar surface area (TPSA) is 15.3 Å². The minimum Gasteiger partial charge on any atom is -0.309 e. The van der Waals surface area contributed by atoms with E-state index in [9.17, 15) is 0 Å². The lowest BCUT2D eigenvalue weighted by Crippen LogP contribution is -2.62. The van der Waals surface area contributed by atoms with Gasteiger partial charge in [-0.25, -0.2) is 0 Å². The van der Waals surface area contributed by atoms with Crippen LogP contribution in [0.15, 0.2) is 12.2 Å². The van der Waals surface area contributed by atoms with E-state index in [4.69, 9.17) is 0 Å². The minimum atomic E-state index is 0.321. The molecule has 1 fully saturated rings. The number of piperazine rings is 1. The van der Waals surface area contributed by atoms with Crippen LogP contribution >= 0.6 is 0 Å². The fourth-order valence-electron chi connectivity index (χ4n) is 2.43. The standard InChI is InChI=1S/C14H28N2/c1-5-8-9-10-16-12-14(4,7-3)15-11-13(16)6-2/h5,8,13,15H,6-7,9-12H2,1-4H3/b8-5+. The van der Waals surface area contributed by atoms with Crippen molar-refractivity contribution in [3.8, 4) is 0 Å². The predicted octanol–water partition coefficient (Wildman–Crippen LogP) is 2.81. The Morgan fingerprint density at radius 3 is 2.75 bits per heavy atom. The van der Waals surface area contributed by atoms with E-state index >= 15 is 0 Å². The van der Waals surface area contributed by atoms with Crippen molar-refractivity contribution in [2.24, 2.45) is 0 Å². The second-order valence-electron chi connectivity index (χ2n) is 5.19. The molecule has 2 heteroatoms. The summed E-state index contributed by atoms with van der Waals surface area (Å²) in [6.45, 7) is 12.6. The van der Waals surface area contributed by atoms with Crippen molar-refractivity contribution in [3.05, 3.63) is 12.2 Å². The molecule has 0 saturated carbocycles. The van der Waals surface area contributed by atoms with Gasteiger partial charge in [-0.15, -0.1) is 0 Å². The molecule has 0 radical (unpaired) electrons. The summed E-state index contributed by atoms with van der Waals surface area (Å²) in [4.78, 5) is 2.67. The summed E-state index contributed by atoms with van der Waals surface area (Å²) < 4.78 is 0. The Morgan fingerprint density at radius 1 is 1.44 bits per heavy atom. The van der Waals surface area contributed by atoms with Crippen LogP contribution in [0.1, 0.15) is 47.0 Å². The Kier molecular flexibility index (Phi) is 5.50. The van der Waals surface area contributed by atoms with Gasteiger partial charge in [0.15, 0.2) is 0 Å². The summed E-state index contributed by atoms with van der Waals surface area (Å²) in [6, 6.07) is 0.727. The van der Waals surface area contributed by atoms with E-state index in [-0.39, 0.29) is 0 Å². The van der Waals surface area contributed by atoms with Gasteiger partial charge in [0, 0.05) is 31.2 Å². The summed E-state index contributed by atoms with van der Waals surface area (Å²) >= 11 is 0. The van der Waals surface area contributed by atoms with Crippen LogP contribution in [0.3, 0.4) is 0 Å². The summed E-state index contributed by atoms with van der Waals surface area (Å²) in [5.41, 5.74) is 0.321. The van der Waals surface area contributed by atoms with Crippen molar-refractivity contribution in [1.29, 1.82) is 0 Å². The molecule has 0 aromatic heterocycles. The van der Waals surface area contributed by atoms with E-state index in [1.54, 1.807) is 0 Å². The largest absolute Gasteiger partial charge is 0.309 e. The van der Waals surface area contributed by atoms with E-state index < -0.39 is 0 Å². The van der Waals surface area contributed by atoms with Crippen LogP contribution in [0.2, 0.25) is 0 Å². The molecule has 2 nitrogen and oxygen atoms in total. The van der Waals surface area contributed by atoms with E-state index in [1.807, 2.05) is 0 Å². The van der Waals surface area contributed by atoms with Crippen molar-refractivity contribution >= 4 is 0 Å². The molecule has 1 heterocycles. The number of allylic oxidation sites excluding steroid dienone is 1. The Balaban J connectivity index is 2.53. The number of hydrogen-bond acceptors (Lipinski definition) is 2. The summed E-state index contributed by atoms with van der Waals surface area (Å²) in [5.74, 6) is 0. The highest BCUT2D eigenvalue weighted by Gasteiger charge is 2.32. The molecule has 0 amide bonds. The SMILES string of the molecule is C/C=C/CCN1CC(C)(CC)NCC1CC. The average molecular weight is 224 g/mol. The first-order chi connectivity index (χ1) is 7.65. The first-order valence-corrected chi connectivity index (χ1v) is 6.75. The third-order valence-electron chi connectivity index (χ3n) is 3.90. The monoisotopic (exact) mass is 224 g/mol. The predicted molar refractivity (Wildman–Crippen MR) is 71.8 cm³/mol. The van der Waals surface area contributed by atoms with Crippen LogP contribution in [0.5, 0.6) is 0 Å². The van der Waals surface area contributed by atoms with Crippen LogP contribution in [-0.2, 0) is 0 Å². The molecule has 0 aromatic rings. The Morgan fingerprint density at radius 2 is 2.19 bits per heavy atom. The summed E-state index contributed by atoms with van der Waals surface area (Å²) in [6.07, 6.45) is 8.08. The van der Waals surface area contributed by atoms with Gasteiger partial charge in [-0.2, -0.15) is 0 Å². The molecular formula is C14H28N2. The quantitative estimate of drug-likeness (QED) is 0.722. The van der Waals surface area contributed by atoms with Gasteiger partial charge < -0.3 is 5.32 Å². The van der Waals surface area contributed by atoms with Crippen molar-refractivity contribution in [2.45, 2.75) is 58.5 Å². The molecule has 2 atom stereocenters. The zero-order valence-corrected chi connectivity index (χ0v) is 11.4. The third-order valence-corrected chi connectivity index (χ3v) is 3.90. The highest BCUT2D eigenvalue weighted by atomic mass is 15.2. The first kappa shape index (κ1) is 13.7. The lowest BCUT2D eigenvalue weighted by molar-refractivity contribution is 0.0838. The van der Waals surface area contributed by atoms with Gasteiger partial charge in [-0.05, 0) is 33.1 Å². The maximum absolute atomic E-state index is 3.71. The zero-order chi connectivity index (χ0) is 12.0. The van der Waals surface area contributed by atoms with Gasteiger partial charge in [0.2, 0.25) is 0 Å². The smallest absolute Gasteiger partial charge is 0.0278 e. The second kappa shape index (κ2) is 6.41. The molecule has 94 valence electrons. The number of hydrogen-bond donors (Lipinski definition) is 1. The fourth-order valence-corrected chi connectivity index (χ4v) is 2.43. The van der Waals surface area contributed by atoms with Crippen LogP contribution in [-0.4, -0.2) is 36.1 Å². The highest BCUT2D eigenvalue weighted by molar-refractivity contribution is 4.94. The van der Waals surface area contributed by atoms with Gasteiger partial charge in [0.25, 0.3) is 0 Å². The van der Waals surface area contributed by atoms with Crippen molar-refractivity contribution in [1.82, 2.24) is 10.2 Å². The minimum absolute atomic E-state index is 0.321. The number of nitrogens with zero attached hydrogens (tertiary/aromatic N) is 1. The molecule has 0 aromatic carbocycles. The summed E-state index contributed by atoms with van der Waals surface area (Å²) in [5, 5.41) is 3.71. The van der Waals surface area contributed by atoms with Crippen LogP contribution in [0.25, 0.3) is 0 Å². The maximum Gasteiger partial charge on any atom is 0.0278 e. The van der Waals surface area contributed by atoms with Crippen molar-refractivity contribution < 1.29 is 0 Å². The highest BCUT2D eigenvalue weighted by Crippen LogP contribution is 2.20. The van der Waals surface area contributed by atoms with Gasteiger partial charge in [0.1, 0.15) is 0 Å². The molecule has 1 aliphatic heterocycles. The molecule has 2 unspecified atom stereocenters. The van der Waals surface area contributed by atoms with Crippen LogP contribution < -0.4 is 5.32 Å². The van der Waals surface area contributed by atoms with E-state index in [1.165, 1.54) is 32.4 Å².